The molecule has 2 fully saturated rings. The highest BCUT2D eigenvalue weighted by atomic mass is 16.1. The lowest BCUT2D eigenvalue weighted by Gasteiger charge is -2.34. The first-order valence-corrected chi connectivity index (χ1v) is 8.60. The van der Waals surface area contributed by atoms with Gasteiger partial charge in [0, 0.05) is 43.5 Å². The Kier molecular flexibility index (Phi) is 4.17. The number of benzene rings is 1. The third-order valence-corrected chi connectivity index (χ3v) is 4.62. The molecule has 1 aliphatic carbocycles. The zero-order valence-electron chi connectivity index (χ0n) is 13.6. The minimum absolute atomic E-state index is 0.0101. The third kappa shape index (κ3) is 3.41. The van der Waals surface area contributed by atoms with Crippen LogP contribution in [0, 0.1) is 0 Å². The van der Waals surface area contributed by atoms with E-state index < -0.39 is 0 Å². The number of amides is 1. The summed E-state index contributed by atoms with van der Waals surface area (Å²) in [5.74, 6) is 0.886. The van der Waals surface area contributed by atoms with Gasteiger partial charge in [-0.3, -0.25) is 4.79 Å². The molecule has 0 bridgehead atoms. The minimum atomic E-state index is 0.0101. The summed E-state index contributed by atoms with van der Waals surface area (Å²) in [6, 6.07) is 14.8. The summed E-state index contributed by atoms with van der Waals surface area (Å²) in [4.78, 5) is 19.0. The average molecular weight is 322 g/mol. The van der Waals surface area contributed by atoms with Crippen LogP contribution in [0.25, 0.3) is 0 Å². The van der Waals surface area contributed by atoms with Gasteiger partial charge < -0.3 is 15.5 Å². The lowest BCUT2D eigenvalue weighted by Crippen LogP contribution is -2.46. The second kappa shape index (κ2) is 6.61. The van der Waals surface area contributed by atoms with Crippen LogP contribution >= 0.6 is 0 Å². The largest absolute Gasteiger partial charge is 0.353 e. The van der Waals surface area contributed by atoms with Gasteiger partial charge in [-0.15, -0.1) is 0 Å². The monoisotopic (exact) mass is 322 g/mol. The number of nitrogens with zero attached hydrogens (tertiary/aromatic N) is 2. The molecule has 0 spiro atoms. The van der Waals surface area contributed by atoms with Crippen molar-refractivity contribution in [2.75, 3.05) is 24.5 Å². The molecule has 0 radical (unpaired) electrons. The Morgan fingerprint density at radius 1 is 1.21 bits per heavy atom. The second-order valence-corrected chi connectivity index (χ2v) is 6.51. The predicted octanol–water partition coefficient (Wildman–Crippen LogP) is 2.12. The molecule has 1 amide bonds. The fraction of sp³-hybridized carbons (Fsp3) is 0.368. The number of carbonyl (C=O) groups excluding carboxylic acids is 1. The number of carbonyl (C=O) groups is 1. The highest BCUT2D eigenvalue weighted by molar-refractivity contribution is 5.95. The number of aromatic nitrogens is 1. The Hall–Kier alpha value is -2.40. The SMILES string of the molecule is O=C(NC1CC1)c1ccnc(N2CCNC(c3ccccc3)C2)c1. The van der Waals surface area contributed by atoms with Crippen molar-refractivity contribution in [2.45, 2.75) is 24.9 Å². The highest BCUT2D eigenvalue weighted by Crippen LogP contribution is 2.23. The molecular formula is C19H22N4O. The predicted molar refractivity (Wildman–Crippen MR) is 94.1 cm³/mol. The van der Waals surface area contributed by atoms with Crippen LogP contribution in [0.1, 0.15) is 34.8 Å². The lowest BCUT2D eigenvalue weighted by molar-refractivity contribution is 0.0951. The molecule has 1 aromatic heterocycles. The van der Waals surface area contributed by atoms with Crippen LogP contribution in [-0.4, -0.2) is 36.6 Å². The third-order valence-electron chi connectivity index (χ3n) is 4.62. The van der Waals surface area contributed by atoms with Gasteiger partial charge >= 0.3 is 0 Å². The van der Waals surface area contributed by atoms with E-state index in [0.29, 0.717) is 11.6 Å². The van der Waals surface area contributed by atoms with E-state index in [0.717, 1.165) is 38.3 Å². The van der Waals surface area contributed by atoms with Crippen LogP contribution in [0.2, 0.25) is 0 Å². The number of hydrogen-bond acceptors (Lipinski definition) is 4. The number of anilines is 1. The maximum Gasteiger partial charge on any atom is 0.251 e. The van der Waals surface area contributed by atoms with Crippen LogP contribution in [0.15, 0.2) is 48.7 Å². The topological polar surface area (TPSA) is 57.3 Å². The molecule has 4 rings (SSSR count). The summed E-state index contributed by atoms with van der Waals surface area (Å²) in [5, 5.41) is 6.60. The van der Waals surface area contributed by atoms with Gasteiger partial charge in [0.25, 0.3) is 5.91 Å². The number of hydrogen-bond donors (Lipinski definition) is 2. The number of pyridine rings is 1. The highest BCUT2D eigenvalue weighted by Gasteiger charge is 2.25. The normalized spacial score (nSPS) is 20.7. The number of rotatable bonds is 4. The quantitative estimate of drug-likeness (QED) is 0.905. The maximum atomic E-state index is 12.2. The summed E-state index contributed by atoms with van der Waals surface area (Å²) >= 11 is 0. The van der Waals surface area contributed by atoms with Gasteiger partial charge in [-0.2, -0.15) is 0 Å². The van der Waals surface area contributed by atoms with E-state index in [-0.39, 0.29) is 11.9 Å². The molecule has 1 saturated heterocycles. The molecule has 5 nitrogen and oxygen atoms in total. The smallest absolute Gasteiger partial charge is 0.251 e. The van der Waals surface area contributed by atoms with Crippen molar-refractivity contribution in [3.05, 3.63) is 59.8 Å². The van der Waals surface area contributed by atoms with E-state index in [4.69, 9.17) is 0 Å². The molecule has 2 N–H and O–H groups in total. The number of piperazine rings is 1. The van der Waals surface area contributed by atoms with Crippen LogP contribution in [0.4, 0.5) is 5.82 Å². The van der Waals surface area contributed by atoms with Gasteiger partial charge in [-0.1, -0.05) is 30.3 Å². The molecule has 124 valence electrons. The molecule has 5 heteroatoms. The van der Waals surface area contributed by atoms with Gasteiger partial charge in [0.1, 0.15) is 5.82 Å². The Labute approximate surface area is 142 Å². The summed E-state index contributed by atoms with van der Waals surface area (Å²) < 4.78 is 0. The molecule has 1 atom stereocenters. The summed E-state index contributed by atoms with van der Waals surface area (Å²) in [6.45, 7) is 2.65. The van der Waals surface area contributed by atoms with Gasteiger partial charge in [-0.05, 0) is 30.5 Å². The number of nitrogens with one attached hydrogen (secondary N) is 2. The first-order chi connectivity index (χ1) is 11.8. The fourth-order valence-electron chi connectivity index (χ4n) is 3.10. The molecule has 1 aliphatic heterocycles. The van der Waals surface area contributed by atoms with Gasteiger partial charge in [-0.25, -0.2) is 4.98 Å². The Bertz CT molecular complexity index is 714. The summed E-state index contributed by atoms with van der Waals surface area (Å²) in [6.07, 6.45) is 3.93. The van der Waals surface area contributed by atoms with Crippen molar-refractivity contribution in [2.24, 2.45) is 0 Å². The van der Waals surface area contributed by atoms with E-state index >= 15 is 0 Å². The van der Waals surface area contributed by atoms with Crippen molar-refractivity contribution in [3.8, 4) is 0 Å². The Morgan fingerprint density at radius 2 is 2.04 bits per heavy atom. The summed E-state index contributed by atoms with van der Waals surface area (Å²) in [7, 11) is 0. The molecule has 1 unspecified atom stereocenters. The van der Waals surface area contributed by atoms with Crippen LogP contribution in [0.5, 0.6) is 0 Å². The first-order valence-electron chi connectivity index (χ1n) is 8.60. The van der Waals surface area contributed by atoms with E-state index in [9.17, 15) is 4.79 Å². The van der Waals surface area contributed by atoms with Gasteiger partial charge in [0.2, 0.25) is 0 Å². The fourth-order valence-corrected chi connectivity index (χ4v) is 3.10. The van der Waals surface area contributed by atoms with E-state index in [1.807, 2.05) is 12.1 Å². The molecule has 1 aromatic carbocycles. The van der Waals surface area contributed by atoms with Crippen molar-refractivity contribution in [1.29, 1.82) is 0 Å². The van der Waals surface area contributed by atoms with Gasteiger partial charge in [0.15, 0.2) is 0 Å². The maximum absolute atomic E-state index is 12.2. The molecule has 24 heavy (non-hydrogen) atoms. The average Bonchev–Trinajstić information content (AvgIpc) is 3.47. The Balaban J connectivity index is 1.49. The van der Waals surface area contributed by atoms with Gasteiger partial charge in [0.05, 0.1) is 0 Å². The molecule has 2 aliphatic rings. The van der Waals surface area contributed by atoms with Crippen molar-refractivity contribution in [3.63, 3.8) is 0 Å². The van der Waals surface area contributed by atoms with E-state index in [1.54, 1.807) is 12.3 Å². The zero-order valence-corrected chi connectivity index (χ0v) is 13.6. The van der Waals surface area contributed by atoms with Crippen LogP contribution < -0.4 is 15.5 Å². The van der Waals surface area contributed by atoms with Crippen LogP contribution in [0.3, 0.4) is 0 Å². The Morgan fingerprint density at radius 3 is 2.83 bits per heavy atom. The standard InChI is InChI=1S/C19H22N4O/c24-19(22-16-6-7-16)15-8-9-21-18(12-15)23-11-10-20-17(13-23)14-4-2-1-3-5-14/h1-5,8-9,12,16-17,20H,6-7,10-11,13H2,(H,22,24). The second-order valence-electron chi connectivity index (χ2n) is 6.51. The molecule has 1 saturated carbocycles. The molecule has 2 aromatic rings. The zero-order chi connectivity index (χ0) is 16.4. The lowest BCUT2D eigenvalue weighted by atomic mass is 10.0. The first kappa shape index (κ1) is 15.1. The minimum Gasteiger partial charge on any atom is -0.353 e. The van der Waals surface area contributed by atoms with E-state index in [2.05, 4.69) is 44.8 Å². The van der Waals surface area contributed by atoms with Crippen molar-refractivity contribution in [1.82, 2.24) is 15.6 Å². The van der Waals surface area contributed by atoms with Crippen molar-refractivity contribution >= 4 is 11.7 Å². The molecule has 2 heterocycles. The molecular weight excluding hydrogens is 300 g/mol. The van der Waals surface area contributed by atoms with Crippen molar-refractivity contribution < 1.29 is 4.79 Å². The summed E-state index contributed by atoms with van der Waals surface area (Å²) in [5.41, 5.74) is 1.98. The van der Waals surface area contributed by atoms with Crippen LogP contribution in [-0.2, 0) is 0 Å². The van der Waals surface area contributed by atoms with E-state index in [1.165, 1.54) is 5.56 Å².